The standard InChI is InChI=1S/C16H26N4O3S/c1-11(2)15-17-18-16(23-15)13-9-22-6-5-20(13)14(21)8-19(3)12-4-7-24-10-12/h11-13H,4-10H2,1-3H3/t12-,13-/m1/s1. The highest BCUT2D eigenvalue weighted by atomic mass is 32.2. The van der Waals surface area contributed by atoms with E-state index in [2.05, 4.69) is 15.1 Å². The Labute approximate surface area is 147 Å². The summed E-state index contributed by atoms with van der Waals surface area (Å²) in [6.45, 7) is 5.96. The lowest BCUT2D eigenvalue weighted by atomic mass is 10.2. The van der Waals surface area contributed by atoms with Crippen LogP contribution in [0.2, 0.25) is 0 Å². The van der Waals surface area contributed by atoms with Gasteiger partial charge in [-0.05, 0) is 19.2 Å². The molecule has 1 aromatic rings. The molecule has 2 atom stereocenters. The maximum Gasteiger partial charge on any atom is 0.241 e. The molecule has 0 saturated carbocycles. The van der Waals surface area contributed by atoms with Crippen molar-refractivity contribution in [3.63, 3.8) is 0 Å². The van der Waals surface area contributed by atoms with Crippen molar-refractivity contribution in [1.29, 1.82) is 0 Å². The van der Waals surface area contributed by atoms with Gasteiger partial charge in [0.15, 0.2) is 0 Å². The third kappa shape index (κ3) is 3.92. The van der Waals surface area contributed by atoms with Gasteiger partial charge in [0.2, 0.25) is 17.7 Å². The van der Waals surface area contributed by atoms with Crippen LogP contribution in [0.4, 0.5) is 0 Å². The van der Waals surface area contributed by atoms with Gasteiger partial charge in [-0.25, -0.2) is 0 Å². The van der Waals surface area contributed by atoms with Crippen molar-refractivity contribution in [2.24, 2.45) is 0 Å². The SMILES string of the molecule is CC(C)c1nnc([C@H]2COCCN2C(=O)CN(C)[C@@H]2CCSC2)o1. The number of likely N-dealkylation sites (N-methyl/N-ethyl adjacent to an activating group) is 1. The molecule has 2 saturated heterocycles. The van der Waals surface area contributed by atoms with Crippen LogP contribution >= 0.6 is 11.8 Å². The first-order valence-electron chi connectivity index (χ1n) is 8.54. The van der Waals surface area contributed by atoms with Crippen molar-refractivity contribution in [1.82, 2.24) is 20.0 Å². The van der Waals surface area contributed by atoms with E-state index in [1.807, 2.05) is 37.6 Å². The van der Waals surface area contributed by atoms with E-state index in [0.717, 1.165) is 12.2 Å². The first kappa shape index (κ1) is 17.7. The Balaban J connectivity index is 1.67. The van der Waals surface area contributed by atoms with Gasteiger partial charge in [0.05, 0.1) is 19.8 Å². The lowest BCUT2D eigenvalue weighted by Crippen LogP contribution is -2.48. The third-order valence-electron chi connectivity index (χ3n) is 4.60. The number of carbonyl (C=O) groups is 1. The Morgan fingerprint density at radius 2 is 2.29 bits per heavy atom. The summed E-state index contributed by atoms with van der Waals surface area (Å²) in [6, 6.07) is 0.215. The maximum atomic E-state index is 12.8. The van der Waals surface area contributed by atoms with Gasteiger partial charge >= 0.3 is 0 Å². The van der Waals surface area contributed by atoms with Crippen molar-refractivity contribution in [3.05, 3.63) is 11.8 Å². The molecule has 24 heavy (non-hydrogen) atoms. The van der Waals surface area contributed by atoms with E-state index < -0.39 is 0 Å². The molecule has 0 radical (unpaired) electrons. The summed E-state index contributed by atoms with van der Waals surface area (Å²) in [5.41, 5.74) is 0. The number of carbonyl (C=O) groups excluding carboxylic acids is 1. The van der Waals surface area contributed by atoms with Crippen LogP contribution in [0.25, 0.3) is 0 Å². The van der Waals surface area contributed by atoms with Crippen LogP contribution in [0.5, 0.6) is 0 Å². The predicted octanol–water partition coefficient (Wildman–Crippen LogP) is 1.53. The van der Waals surface area contributed by atoms with Crippen LogP contribution in [0.3, 0.4) is 0 Å². The minimum absolute atomic E-state index is 0.104. The Hall–Kier alpha value is -1.12. The molecule has 2 aliphatic rings. The first-order valence-corrected chi connectivity index (χ1v) is 9.70. The highest BCUT2D eigenvalue weighted by molar-refractivity contribution is 7.99. The van der Waals surface area contributed by atoms with Crippen molar-refractivity contribution >= 4 is 17.7 Å². The van der Waals surface area contributed by atoms with Crippen LogP contribution in [-0.2, 0) is 9.53 Å². The van der Waals surface area contributed by atoms with Crippen LogP contribution in [-0.4, -0.2) is 76.8 Å². The van der Waals surface area contributed by atoms with E-state index in [-0.39, 0.29) is 17.9 Å². The third-order valence-corrected chi connectivity index (χ3v) is 5.74. The minimum Gasteiger partial charge on any atom is -0.423 e. The smallest absolute Gasteiger partial charge is 0.241 e. The number of morpholine rings is 1. The molecule has 0 aromatic carbocycles. The van der Waals surface area contributed by atoms with Gasteiger partial charge in [0, 0.05) is 24.3 Å². The molecule has 0 bridgehead atoms. The molecule has 1 amide bonds. The number of hydrogen-bond acceptors (Lipinski definition) is 7. The van der Waals surface area contributed by atoms with E-state index in [0.29, 0.717) is 44.1 Å². The van der Waals surface area contributed by atoms with E-state index in [1.165, 1.54) is 5.75 Å². The number of ether oxygens (including phenoxy) is 1. The average Bonchev–Trinajstić information content (AvgIpc) is 3.26. The molecule has 0 spiro atoms. The van der Waals surface area contributed by atoms with Crippen LogP contribution < -0.4 is 0 Å². The van der Waals surface area contributed by atoms with Gasteiger partial charge in [-0.3, -0.25) is 9.69 Å². The zero-order chi connectivity index (χ0) is 17.1. The average molecular weight is 354 g/mol. The van der Waals surface area contributed by atoms with Gasteiger partial charge < -0.3 is 14.1 Å². The van der Waals surface area contributed by atoms with Gasteiger partial charge in [-0.15, -0.1) is 10.2 Å². The van der Waals surface area contributed by atoms with Crippen LogP contribution in [0.15, 0.2) is 4.42 Å². The lowest BCUT2D eigenvalue weighted by molar-refractivity contribution is -0.142. The Kier molecular flexibility index (Phi) is 5.78. The van der Waals surface area contributed by atoms with E-state index >= 15 is 0 Å². The predicted molar refractivity (Wildman–Crippen MR) is 92.0 cm³/mol. The second-order valence-corrected chi connectivity index (χ2v) is 7.89. The van der Waals surface area contributed by atoms with Gasteiger partial charge in [-0.1, -0.05) is 13.8 Å². The number of nitrogens with zero attached hydrogens (tertiary/aromatic N) is 4. The highest BCUT2D eigenvalue weighted by Crippen LogP contribution is 2.26. The molecule has 2 aliphatic heterocycles. The van der Waals surface area contributed by atoms with Crippen molar-refractivity contribution in [2.45, 2.75) is 38.3 Å². The Bertz CT molecular complexity index is 559. The second kappa shape index (κ2) is 7.84. The highest BCUT2D eigenvalue weighted by Gasteiger charge is 2.34. The summed E-state index contributed by atoms with van der Waals surface area (Å²) in [5, 5.41) is 8.23. The summed E-state index contributed by atoms with van der Waals surface area (Å²) in [4.78, 5) is 16.8. The van der Waals surface area contributed by atoms with Crippen molar-refractivity contribution in [2.75, 3.05) is 44.9 Å². The summed E-state index contributed by atoms with van der Waals surface area (Å²) < 4.78 is 11.3. The molecule has 3 heterocycles. The number of aromatic nitrogens is 2. The summed E-state index contributed by atoms with van der Waals surface area (Å²) >= 11 is 1.96. The van der Waals surface area contributed by atoms with E-state index in [4.69, 9.17) is 9.15 Å². The molecule has 134 valence electrons. The van der Waals surface area contributed by atoms with Crippen molar-refractivity contribution in [3.8, 4) is 0 Å². The zero-order valence-corrected chi connectivity index (χ0v) is 15.4. The second-order valence-electron chi connectivity index (χ2n) is 6.74. The first-order chi connectivity index (χ1) is 11.6. The number of amides is 1. The van der Waals surface area contributed by atoms with Crippen LogP contribution in [0.1, 0.15) is 44.0 Å². The summed E-state index contributed by atoms with van der Waals surface area (Å²) in [5.74, 6) is 3.65. The molecular weight excluding hydrogens is 328 g/mol. The van der Waals surface area contributed by atoms with Gasteiger partial charge in [-0.2, -0.15) is 11.8 Å². The molecular formula is C16H26N4O3S. The largest absolute Gasteiger partial charge is 0.423 e. The zero-order valence-electron chi connectivity index (χ0n) is 14.6. The minimum atomic E-state index is -0.280. The van der Waals surface area contributed by atoms with Gasteiger partial charge in [0.1, 0.15) is 6.04 Å². The Morgan fingerprint density at radius 1 is 1.46 bits per heavy atom. The van der Waals surface area contributed by atoms with Gasteiger partial charge in [0.25, 0.3) is 0 Å². The monoisotopic (exact) mass is 354 g/mol. The summed E-state index contributed by atoms with van der Waals surface area (Å²) in [6.07, 6.45) is 1.16. The molecule has 1 aromatic heterocycles. The summed E-state index contributed by atoms with van der Waals surface area (Å²) in [7, 11) is 2.04. The number of thioether (sulfide) groups is 1. The molecule has 0 aliphatic carbocycles. The lowest BCUT2D eigenvalue weighted by Gasteiger charge is -2.35. The molecule has 0 unspecified atom stereocenters. The van der Waals surface area contributed by atoms with E-state index in [1.54, 1.807) is 0 Å². The van der Waals surface area contributed by atoms with Crippen LogP contribution in [0, 0.1) is 0 Å². The quantitative estimate of drug-likeness (QED) is 0.794. The topological polar surface area (TPSA) is 71.7 Å². The van der Waals surface area contributed by atoms with E-state index in [9.17, 15) is 4.79 Å². The Morgan fingerprint density at radius 3 is 2.96 bits per heavy atom. The fourth-order valence-corrected chi connectivity index (χ4v) is 4.32. The number of hydrogen-bond donors (Lipinski definition) is 0. The fraction of sp³-hybridized carbons (Fsp3) is 0.812. The normalized spacial score (nSPS) is 25.0. The fourth-order valence-electron chi connectivity index (χ4n) is 3.02. The molecule has 8 heteroatoms. The molecule has 7 nitrogen and oxygen atoms in total. The van der Waals surface area contributed by atoms with Crippen molar-refractivity contribution < 1.29 is 13.9 Å². The maximum absolute atomic E-state index is 12.8. The molecule has 2 fully saturated rings. The number of rotatable bonds is 5. The molecule has 3 rings (SSSR count). The molecule has 0 N–H and O–H groups in total.